The van der Waals surface area contributed by atoms with Crippen molar-refractivity contribution < 1.29 is 17.7 Å². The SMILES string of the molecule is COB(OC)c1ccc(CN(CCc2cccc(Cl)c2)S(=O)(=O)c2c(C)cc(C)cc2C)cc1. The van der Waals surface area contributed by atoms with Gasteiger partial charge in [0.1, 0.15) is 0 Å². The van der Waals surface area contributed by atoms with Gasteiger partial charge >= 0.3 is 7.12 Å². The van der Waals surface area contributed by atoms with Gasteiger partial charge in [-0.25, -0.2) is 8.42 Å². The number of halogens is 1. The average Bonchev–Trinajstić information content (AvgIpc) is 2.77. The minimum Gasteiger partial charge on any atom is -0.410 e. The first-order valence-electron chi connectivity index (χ1n) is 11.1. The third-order valence-corrected chi connectivity index (χ3v) is 8.17. The van der Waals surface area contributed by atoms with Gasteiger partial charge in [0.15, 0.2) is 0 Å². The van der Waals surface area contributed by atoms with E-state index in [1.54, 1.807) is 18.5 Å². The molecule has 5 nitrogen and oxygen atoms in total. The molecule has 0 spiro atoms. The van der Waals surface area contributed by atoms with Crippen LogP contribution in [-0.4, -0.2) is 40.6 Å². The maximum atomic E-state index is 13.9. The van der Waals surface area contributed by atoms with Gasteiger partial charge in [0.05, 0.1) is 4.90 Å². The molecule has 0 saturated carbocycles. The highest BCUT2D eigenvalue weighted by Crippen LogP contribution is 2.27. The Bertz CT molecular complexity index is 1200. The third-order valence-electron chi connectivity index (χ3n) is 5.78. The predicted molar refractivity (Wildman–Crippen MR) is 139 cm³/mol. The van der Waals surface area contributed by atoms with Crippen LogP contribution in [0.15, 0.2) is 65.6 Å². The van der Waals surface area contributed by atoms with Crippen LogP contribution in [0.2, 0.25) is 5.02 Å². The zero-order valence-electron chi connectivity index (χ0n) is 20.3. The number of hydrogen-bond acceptors (Lipinski definition) is 4. The monoisotopic (exact) mass is 499 g/mol. The van der Waals surface area contributed by atoms with Crippen molar-refractivity contribution >= 4 is 34.2 Å². The Kier molecular flexibility index (Phi) is 8.96. The van der Waals surface area contributed by atoms with Crippen LogP contribution >= 0.6 is 11.6 Å². The molecule has 0 aliphatic rings. The Hall–Kier alpha value is -2.16. The van der Waals surface area contributed by atoms with Crippen molar-refractivity contribution in [3.63, 3.8) is 0 Å². The summed E-state index contributed by atoms with van der Waals surface area (Å²) < 4.78 is 40.0. The highest BCUT2D eigenvalue weighted by Gasteiger charge is 2.28. The zero-order chi connectivity index (χ0) is 24.9. The molecule has 3 rings (SSSR count). The van der Waals surface area contributed by atoms with Crippen LogP contribution in [0.4, 0.5) is 0 Å². The molecule has 0 saturated heterocycles. The summed E-state index contributed by atoms with van der Waals surface area (Å²) in [5.74, 6) is 0. The highest BCUT2D eigenvalue weighted by atomic mass is 35.5. The number of aryl methyl sites for hydroxylation is 3. The van der Waals surface area contributed by atoms with Crippen molar-refractivity contribution in [2.24, 2.45) is 0 Å². The zero-order valence-corrected chi connectivity index (χ0v) is 21.9. The lowest BCUT2D eigenvalue weighted by Gasteiger charge is -2.25. The molecule has 0 aliphatic carbocycles. The Morgan fingerprint density at radius 1 is 0.882 bits per heavy atom. The first kappa shape index (κ1) is 26.4. The van der Waals surface area contributed by atoms with Gasteiger partial charge in [-0.05, 0) is 67.0 Å². The average molecular weight is 500 g/mol. The Labute approximate surface area is 208 Å². The van der Waals surface area contributed by atoms with Crippen LogP contribution in [0, 0.1) is 20.8 Å². The molecule has 3 aromatic rings. The van der Waals surface area contributed by atoms with E-state index in [4.69, 9.17) is 20.9 Å². The fourth-order valence-corrected chi connectivity index (χ4v) is 6.34. The van der Waals surface area contributed by atoms with E-state index >= 15 is 0 Å². The summed E-state index contributed by atoms with van der Waals surface area (Å²) in [5, 5.41) is 0.638. The Morgan fingerprint density at radius 2 is 1.50 bits per heavy atom. The normalized spacial score (nSPS) is 11.7. The smallest absolute Gasteiger partial charge is 0.410 e. The van der Waals surface area contributed by atoms with E-state index in [9.17, 15) is 8.42 Å². The van der Waals surface area contributed by atoms with Crippen molar-refractivity contribution in [3.8, 4) is 0 Å². The van der Waals surface area contributed by atoms with Gasteiger partial charge in [-0.15, -0.1) is 0 Å². The summed E-state index contributed by atoms with van der Waals surface area (Å²) in [4.78, 5) is 0.375. The Morgan fingerprint density at radius 3 is 2.06 bits per heavy atom. The lowest BCUT2D eigenvalue weighted by molar-refractivity contribution is 0.292. The first-order valence-corrected chi connectivity index (χ1v) is 12.9. The minimum atomic E-state index is -3.74. The van der Waals surface area contributed by atoms with Gasteiger partial charge in [-0.3, -0.25) is 0 Å². The summed E-state index contributed by atoms with van der Waals surface area (Å²) in [6.45, 7) is 6.26. The highest BCUT2D eigenvalue weighted by molar-refractivity contribution is 7.89. The lowest BCUT2D eigenvalue weighted by atomic mass is 9.79. The van der Waals surface area contributed by atoms with Crippen molar-refractivity contribution in [2.45, 2.75) is 38.6 Å². The first-order chi connectivity index (χ1) is 16.1. The quantitative estimate of drug-likeness (QED) is 0.380. The summed E-state index contributed by atoms with van der Waals surface area (Å²) in [6, 6.07) is 19.0. The number of rotatable bonds is 10. The molecule has 0 aliphatic heterocycles. The van der Waals surface area contributed by atoms with Gasteiger partial charge in [-0.1, -0.05) is 65.7 Å². The summed E-state index contributed by atoms with van der Waals surface area (Å²) in [7, 11) is -1.04. The molecule has 0 unspecified atom stereocenters. The molecule has 0 radical (unpaired) electrons. The topological polar surface area (TPSA) is 55.8 Å². The molecule has 0 heterocycles. The van der Waals surface area contributed by atoms with E-state index in [1.807, 2.05) is 81.4 Å². The van der Waals surface area contributed by atoms with Crippen LogP contribution in [0.25, 0.3) is 0 Å². The van der Waals surface area contributed by atoms with Crippen LogP contribution in [0.5, 0.6) is 0 Å². The van der Waals surface area contributed by atoms with Crippen LogP contribution in [0.1, 0.15) is 27.8 Å². The molecule has 34 heavy (non-hydrogen) atoms. The summed E-state index contributed by atoms with van der Waals surface area (Å²) in [6.07, 6.45) is 0.553. The van der Waals surface area contributed by atoms with Gasteiger partial charge in [0, 0.05) is 32.3 Å². The molecule has 8 heteroatoms. The van der Waals surface area contributed by atoms with Gasteiger partial charge in [-0.2, -0.15) is 4.31 Å². The molecule has 0 aromatic heterocycles. The number of benzene rings is 3. The molecule has 0 atom stereocenters. The molecular weight excluding hydrogens is 469 g/mol. The van der Waals surface area contributed by atoms with E-state index in [-0.39, 0.29) is 6.54 Å². The molecule has 0 amide bonds. The largest absolute Gasteiger partial charge is 0.493 e. The van der Waals surface area contributed by atoms with Gasteiger partial charge in [0.2, 0.25) is 10.0 Å². The minimum absolute atomic E-state index is 0.251. The van der Waals surface area contributed by atoms with Crippen LogP contribution < -0.4 is 5.46 Å². The van der Waals surface area contributed by atoms with Crippen LogP contribution in [0.3, 0.4) is 0 Å². The predicted octanol–water partition coefficient (Wildman–Crippen LogP) is 4.69. The summed E-state index contributed by atoms with van der Waals surface area (Å²) >= 11 is 6.14. The van der Waals surface area contributed by atoms with Gasteiger partial charge < -0.3 is 9.31 Å². The molecule has 0 fully saturated rings. The molecule has 0 N–H and O–H groups in total. The van der Waals surface area contributed by atoms with Crippen molar-refractivity contribution in [3.05, 3.63) is 93.5 Å². The lowest BCUT2D eigenvalue weighted by Crippen LogP contribution is -2.35. The maximum Gasteiger partial charge on any atom is 0.493 e. The molecule has 0 bridgehead atoms. The van der Waals surface area contributed by atoms with Crippen molar-refractivity contribution in [1.82, 2.24) is 4.31 Å². The molecule has 180 valence electrons. The van der Waals surface area contributed by atoms with E-state index in [0.717, 1.165) is 33.3 Å². The van der Waals surface area contributed by atoms with Crippen molar-refractivity contribution in [1.29, 1.82) is 0 Å². The molecule has 3 aromatic carbocycles. The summed E-state index contributed by atoms with van der Waals surface area (Å²) in [5.41, 5.74) is 5.29. The number of nitrogens with zero attached hydrogens (tertiary/aromatic N) is 1. The standard InChI is InChI=1S/C26H31BClNO4S/c1-19-15-20(2)26(21(3)16-19)34(30,31)29(14-13-22-7-6-8-25(28)17-22)18-23-9-11-24(12-10-23)27(32-4)33-5/h6-12,15-17H,13-14,18H2,1-5H3. The van der Waals surface area contributed by atoms with Gasteiger partial charge in [0.25, 0.3) is 0 Å². The van der Waals surface area contributed by atoms with E-state index in [2.05, 4.69) is 0 Å². The van der Waals surface area contributed by atoms with E-state index in [0.29, 0.717) is 22.9 Å². The maximum absolute atomic E-state index is 13.9. The Balaban J connectivity index is 1.95. The fraction of sp³-hybridized carbons (Fsp3) is 0.308. The third kappa shape index (κ3) is 6.29. The second-order valence-corrected chi connectivity index (χ2v) is 10.8. The van der Waals surface area contributed by atoms with E-state index < -0.39 is 17.1 Å². The fourth-order valence-electron chi connectivity index (χ4n) is 4.29. The van der Waals surface area contributed by atoms with Crippen molar-refractivity contribution in [2.75, 3.05) is 20.8 Å². The van der Waals surface area contributed by atoms with Crippen LogP contribution in [-0.2, 0) is 32.3 Å². The second kappa shape index (κ2) is 11.5. The molecular formula is C26H31BClNO4S. The number of sulfonamides is 1. The van der Waals surface area contributed by atoms with E-state index in [1.165, 1.54) is 0 Å². The number of hydrogen-bond donors (Lipinski definition) is 0. The second-order valence-electron chi connectivity index (χ2n) is 8.49.